The van der Waals surface area contributed by atoms with Crippen LogP contribution in [0.2, 0.25) is 0 Å². The van der Waals surface area contributed by atoms with E-state index in [4.69, 9.17) is 0 Å². The van der Waals surface area contributed by atoms with Crippen LogP contribution in [0.3, 0.4) is 0 Å². The van der Waals surface area contributed by atoms with Gasteiger partial charge in [-0.1, -0.05) is 32.9 Å². The topological polar surface area (TPSA) is 75.5 Å². The molecule has 7 heteroatoms. The first-order valence-electron chi connectivity index (χ1n) is 8.39. The lowest BCUT2D eigenvalue weighted by Gasteiger charge is -2.19. The minimum atomic E-state index is -0.261. The average Bonchev–Trinajstić information content (AvgIpc) is 3.18. The van der Waals surface area contributed by atoms with E-state index in [9.17, 15) is 9.59 Å². The Morgan fingerprint density at radius 2 is 1.88 bits per heavy atom. The quantitative estimate of drug-likeness (QED) is 0.725. The van der Waals surface area contributed by atoms with Crippen LogP contribution in [0.25, 0.3) is 4.96 Å². The van der Waals surface area contributed by atoms with E-state index in [0.717, 1.165) is 16.2 Å². The van der Waals surface area contributed by atoms with Gasteiger partial charge < -0.3 is 10.6 Å². The van der Waals surface area contributed by atoms with Crippen molar-refractivity contribution in [1.29, 1.82) is 0 Å². The molecule has 0 aliphatic heterocycles. The molecule has 0 saturated heterocycles. The molecule has 0 atom stereocenters. The molecule has 0 fully saturated rings. The predicted octanol–water partition coefficient (Wildman–Crippen LogP) is 2.74. The van der Waals surface area contributed by atoms with Crippen molar-refractivity contribution in [2.45, 2.75) is 32.7 Å². The van der Waals surface area contributed by atoms with Crippen molar-refractivity contribution in [1.82, 2.24) is 20.0 Å². The number of rotatable bonds is 5. The summed E-state index contributed by atoms with van der Waals surface area (Å²) >= 11 is 1.54. The number of hydrogen-bond donors (Lipinski definition) is 2. The zero-order chi connectivity index (χ0) is 18.7. The normalized spacial score (nSPS) is 11.5. The van der Waals surface area contributed by atoms with Crippen LogP contribution in [0.4, 0.5) is 0 Å². The number of nitrogens with one attached hydrogen (secondary N) is 2. The first-order valence-corrected chi connectivity index (χ1v) is 9.27. The van der Waals surface area contributed by atoms with Crippen molar-refractivity contribution in [3.63, 3.8) is 0 Å². The maximum atomic E-state index is 12.2. The monoisotopic (exact) mass is 370 g/mol. The molecule has 26 heavy (non-hydrogen) atoms. The number of fused-ring (bicyclic) bond motifs is 1. The van der Waals surface area contributed by atoms with Gasteiger partial charge in [0, 0.05) is 23.3 Å². The van der Waals surface area contributed by atoms with Gasteiger partial charge in [0.2, 0.25) is 5.91 Å². The highest BCUT2D eigenvalue weighted by Crippen LogP contribution is 2.22. The van der Waals surface area contributed by atoms with Crippen LogP contribution in [-0.4, -0.2) is 27.7 Å². The van der Waals surface area contributed by atoms with Crippen LogP contribution in [-0.2, 0) is 16.8 Å². The van der Waals surface area contributed by atoms with Gasteiger partial charge in [-0.25, -0.2) is 4.98 Å². The number of carbonyl (C=O) groups is 2. The Hall–Kier alpha value is -2.67. The molecule has 0 bridgehead atoms. The number of imidazole rings is 1. The van der Waals surface area contributed by atoms with E-state index in [1.807, 2.05) is 34.3 Å². The molecule has 136 valence electrons. The van der Waals surface area contributed by atoms with E-state index in [2.05, 4.69) is 36.4 Å². The van der Waals surface area contributed by atoms with E-state index in [1.54, 1.807) is 12.1 Å². The summed E-state index contributed by atoms with van der Waals surface area (Å²) in [5, 5.41) is 7.35. The van der Waals surface area contributed by atoms with Gasteiger partial charge in [-0.2, -0.15) is 0 Å². The Kier molecular flexibility index (Phi) is 5.08. The van der Waals surface area contributed by atoms with Gasteiger partial charge >= 0.3 is 0 Å². The summed E-state index contributed by atoms with van der Waals surface area (Å²) in [6, 6.07) is 7.45. The van der Waals surface area contributed by atoms with Gasteiger partial charge in [0.25, 0.3) is 5.91 Å². The predicted molar refractivity (Wildman–Crippen MR) is 102 cm³/mol. The summed E-state index contributed by atoms with van der Waals surface area (Å²) in [7, 11) is 0. The van der Waals surface area contributed by atoms with Gasteiger partial charge in [-0.3, -0.25) is 14.0 Å². The molecular formula is C19H22N4O2S. The number of thiazole rings is 1. The van der Waals surface area contributed by atoms with Gasteiger partial charge in [-0.05, 0) is 23.1 Å². The van der Waals surface area contributed by atoms with Crippen LogP contribution in [0.15, 0.2) is 42.0 Å². The van der Waals surface area contributed by atoms with Gasteiger partial charge in [-0.15, -0.1) is 11.3 Å². The molecular weight excluding hydrogens is 348 g/mol. The highest BCUT2D eigenvalue weighted by molar-refractivity contribution is 7.15. The van der Waals surface area contributed by atoms with Crippen molar-refractivity contribution in [2.24, 2.45) is 0 Å². The molecule has 3 aromatic rings. The standard InChI is InChI=1S/C19H22N4O2S/c1-19(2,3)14-6-4-13(5-7-14)17(25)21-11-16(24)20-10-15-12-23-8-9-26-18(23)22-15/h4-9,12H,10-11H2,1-3H3,(H,20,24)(H,21,25). The van der Waals surface area contributed by atoms with E-state index < -0.39 is 0 Å². The Morgan fingerprint density at radius 1 is 1.15 bits per heavy atom. The summed E-state index contributed by atoms with van der Waals surface area (Å²) in [6.07, 6.45) is 3.80. The fourth-order valence-corrected chi connectivity index (χ4v) is 3.22. The van der Waals surface area contributed by atoms with Crippen LogP contribution < -0.4 is 10.6 Å². The summed E-state index contributed by atoms with van der Waals surface area (Å²) in [5.41, 5.74) is 2.53. The smallest absolute Gasteiger partial charge is 0.251 e. The molecule has 2 N–H and O–H groups in total. The Morgan fingerprint density at radius 3 is 2.54 bits per heavy atom. The first kappa shape index (κ1) is 18.1. The number of carbonyl (C=O) groups excluding carboxylic acids is 2. The molecule has 0 radical (unpaired) electrons. The number of nitrogens with zero attached hydrogens (tertiary/aromatic N) is 2. The molecule has 0 aliphatic rings. The molecule has 6 nitrogen and oxygen atoms in total. The molecule has 2 aromatic heterocycles. The second-order valence-electron chi connectivity index (χ2n) is 7.11. The summed E-state index contributed by atoms with van der Waals surface area (Å²) in [6.45, 7) is 6.63. The fourth-order valence-electron chi connectivity index (χ4n) is 2.50. The molecule has 2 amide bonds. The highest BCUT2D eigenvalue weighted by atomic mass is 32.1. The minimum Gasteiger partial charge on any atom is -0.349 e. The highest BCUT2D eigenvalue weighted by Gasteiger charge is 2.14. The number of amides is 2. The van der Waals surface area contributed by atoms with Crippen LogP contribution in [0.5, 0.6) is 0 Å². The van der Waals surface area contributed by atoms with Crippen molar-refractivity contribution < 1.29 is 9.59 Å². The third kappa shape index (κ3) is 4.29. The number of hydrogen-bond acceptors (Lipinski definition) is 4. The molecule has 0 aliphatic carbocycles. The van der Waals surface area contributed by atoms with Gasteiger partial charge in [0.1, 0.15) is 0 Å². The Bertz CT molecular complexity index is 891. The molecule has 0 saturated carbocycles. The first-order chi connectivity index (χ1) is 12.3. The van der Waals surface area contributed by atoms with Crippen LogP contribution in [0, 0.1) is 0 Å². The lowest BCUT2D eigenvalue weighted by molar-refractivity contribution is -0.120. The van der Waals surface area contributed by atoms with Gasteiger partial charge in [0.05, 0.1) is 18.8 Å². The van der Waals surface area contributed by atoms with E-state index in [1.165, 1.54) is 11.3 Å². The van der Waals surface area contributed by atoms with E-state index in [0.29, 0.717) is 12.1 Å². The third-order valence-corrected chi connectivity index (χ3v) is 4.80. The second kappa shape index (κ2) is 7.29. The van der Waals surface area contributed by atoms with Gasteiger partial charge in [0.15, 0.2) is 4.96 Å². The SMILES string of the molecule is CC(C)(C)c1ccc(C(=O)NCC(=O)NCc2cn3ccsc3n2)cc1. The second-order valence-corrected chi connectivity index (χ2v) is 7.98. The summed E-state index contributed by atoms with van der Waals surface area (Å²) in [5.74, 6) is -0.510. The number of benzene rings is 1. The average molecular weight is 370 g/mol. The largest absolute Gasteiger partial charge is 0.349 e. The zero-order valence-corrected chi connectivity index (χ0v) is 15.9. The zero-order valence-electron chi connectivity index (χ0n) is 15.1. The summed E-state index contributed by atoms with van der Waals surface area (Å²) < 4.78 is 1.91. The molecule has 0 unspecified atom stereocenters. The number of aromatic nitrogens is 2. The molecule has 2 heterocycles. The van der Waals surface area contributed by atoms with Crippen LogP contribution in [0.1, 0.15) is 42.4 Å². The third-order valence-electron chi connectivity index (χ3n) is 4.03. The molecule has 1 aromatic carbocycles. The molecule has 3 rings (SSSR count). The summed E-state index contributed by atoms with van der Waals surface area (Å²) in [4.78, 5) is 29.4. The van der Waals surface area contributed by atoms with Crippen molar-refractivity contribution in [3.8, 4) is 0 Å². The van der Waals surface area contributed by atoms with Crippen LogP contribution >= 0.6 is 11.3 Å². The van der Waals surface area contributed by atoms with Crippen molar-refractivity contribution in [2.75, 3.05) is 6.54 Å². The minimum absolute atomic E-state index is 0.0382. The Labute approximate surface area is 156 Å². The lowest BCUT2D eigenvalue weighted by atomic mass is 9.87. The maximum absolute atomic E-state index is 12.2. The Balaban J connectivity index is 1.47. The fraction of sp³-hybridized carbons (Fsp3) is 0.316. The van der Waals surface area contributed by atoms with Crippen molar-refractivity contribution >= 4 is 28.1 Å². The maximum Gasteiger partial charge on any atom is 0.251 e. The lowest BCUT2D eigenvalue weighted by Crippen LogP contribution is -2.36. The van der Waals surface area contributed by atoms with Crippen molar-refractivity contribution in [3.05, 3.63) is 58.9 Å². The van der Waals surface area contributed by atoms with E-state index in [-0.39, 0.29) is 23.8 Å². The van der Waals surface area contributed by atoms with E-state index >= 15 is 0 Å². The molecule has 0 spiro atoms.